The molecule has 0 unspecified atom stereocenters. The van der Waals surface area contributed by atoms with E-state index < -0.39 is 16.1 Å². The first-order valence-corrected chi connectivity index (χ1v) is 12.0. The Bertz CT molecular complexity index is 1440. The summed E-state index contributed by atoms with van der Waals surface area (Å²) in [6.07, 6.45) is 0. The highest BCUT2D eigenvalue weighted by Crippen LogP contribution is 2.29. The Morgan fingerprint density at radius 3 is 2.28 bits per heavy atom. The van der Waals surface area contributed by atoms with E-state index in [4.69, 9.17) is 8.92 Å². The zero-order valence-corrected chi connectivity index (χ0v) is 19.7. The Balaban J connectivity index is 1.63. The van der Waals surface area contributed by atoms with E-state index in [0.29, 0.717) is 11.3 Å². The number of hydrogen-bond acceptors (Lipinski definition) is 5. The Morgan fingerprint density at radius 1 is 0.812 bits per heavy atom. The molecule has 0 atom stereocenters. The molecular weight excluding hydrogens is 492 g/mol. The second-order valence-electron chi connectivity index (χ2n) is 7.30. The molecule has 0 saturated heterocycles. The van der Waals surface area contributed by atoms with Gasteiger partial charge in [0.15, 0.2) is 5.75 Å². The van der Waals surface area contributed by atoms with Crippen molar-refractivity contribution in [3.05, 3.63) is 100 Å². The molecule has 0 aliphatic carbocycles. The summed E-state index contributed by atoms with van der Waals surface area (Å²) in [4.78, 5) is 12.9. The third kappa shape index (κ3) is 4.54. The highest BCUT2D eigenvalue weighted by Gasteiger charge is 2.24. The number of fused-ring (bicyclic) bond motifs is 1. The number of benzene rings is 4. The van der Waals surface area contributed by atoms with Gasteiger partial charge in [0.1, 0.15) is 16.2 Å². The molecule has 0 amide bonds. The van der Waals surface area contributed by atoms with Crippen molar-refractivity contribution in [1.29, 1.82) is 0 Å². The number of rotatable bonds is 5. The lowest BCUT2D eigenvalue weighted by atomic mass is 10.1. The SMILES string of the molecule is Cc1cc(S(=O)(=O)Oc2ccccc2C(=O)Oc2ccc3ccccc3c2)c(C)cc1Br. The lowest BCUT2D eigenvalue weighted by Gasteiger charge is -2.13. The van der Waals surface area contributed by atoms with Gasteiger partial charge in [-0.05, 0) is 72.1 Å². The summed E-state index contributed by atoms with van der Waals surface area (Å²) in [7, 11) is -4.17. The highest BCUT2D eigenvalue weighted by atomic mass is 79.9. The number of para-hydroxylation sites is 1. The molecule has 0 aromatic heterocycles. The van der Waals surface area contributed by atoms with Crippen LogP contribution in [0.25, 0.3) is 10.8 Å². The van der Waals surface area contributed by atoms with E-state index in [1.54, 1.807) is 44.2 Å². The van der Waals surface area contributed by atoms with Crippen LogP contribution in [-0.2, 0) is 10.1 Å². The molecule has 0 saturated carbocycles. The van der Waals surface area contributed by atoms with Crippen LogP contribution >= 0.6 is 15.9 Å². The number of esters is 1. The van der Waals surface area contributed by atoms with Crippen molar-refractivity contribution in [3.63, 3.8) is 0 Å². The average Bonchev–Trinajstić information content (AvgIpc) is 2.76. The number of carbonyl (C=O) groups is 1. The zero-order valence-electron chi connectivity index (χ0n) is 17.3. The molecular formula is C25H19BrO5S. The molecule has 162 valence electrons. The Labute approximate surface area is 194 Å². The molecule has 4 aromatic rings. The number of aryl methyl sites for hydroxylation is 2. The molecule has 0 bridgehead atoms. The molecule has 0 N–H and O–H groups in total. The molecule has 0 spiro atoms. The van der Waals surface area contributed by atoms with Crippen LogP contribution in [-0.4, -0.2) is 14.4 Å². The van der Waals surface area contributed by atoms with Crippen molar-refractivity contribution < 1.29 is 22.1 Å². The molecule has 32 heavy (non-hydrogen) atoms. The Hall–Kier alpha value is -3.16. The van der Waals surface area contributed by atoms with E-state index in [0.717, 1.165) is 20.8 Å². The molecule has 0 aliphatic heterocycles. The molecule has 0 radical (unpaired) electrons. The number of halogens is 1. The van der Waals surface area contributed by atoms with Crippen molar-refractivity contribution in [2.75, 3.05) is 0 Å². The van der Waals surface area contributed by atoms with Crippen LogP contribution in [0.3, 0.4) is 0 Å². The number of hydrogen-bond donors (Lipinski definition) is 0. The summed E-state index contributed by atoms with van der Waals surface area (Å²) >= 11 is 3.39. The van der Waals surface area contributed by atoms with Gasteiger partial charge in [-0.1, -0.05) is 58.4 Å². The minimum absolute atomic E-state index is 0.00993. The van der Waals surface area contributed by atoms with Crippen LogP contribution in [0, 0.1) is 13.8 Å². The normalized spacial score (nSPS) is 11.3. The fraction of sp³-hybridized carbons (Fsp3) is 0.0800. The van der Waals surface area contributed by atoms with Gasteiger partial charge in [-0.3, -0.25) is 0 Å². The molecule has 7 heteroatoms. The monoisotopic (exact) mass is 510 g/mol. The third-order valence-electron chi connectivity index (χ3n) is 4.96. The molecule has 0 heterocycles. The summed E-state index contributed by atoms with van der Waals surface area (Å²) in [5.74, 6) is -0.459. The minimum atomic E-state index is -4.17. The van der Waals surface area contributed by atoms with E-state index in [-0.39, 0.29) is 16.2 Å². The predicted molar refractivity (Wildman–Crippen MR) is 127 cm³/mol. The highest BCUT2D eigenvalue weighted by molar-refractivity contribution is 9.10. The summed E-state index contributed by atoms with van der Waals surface area (Å²) in [6.45, 7) is 3.47. The fourth-order valence-corrected chi connectivity index (χ4v) is 4.99. The quantitative estimate of drug-likeness (QED) is 0.181. The van der Waals surface area contributed by atoms with Crippen LogP contribution in [0.4, 0.5) is 0 Å². The van der Waals surface area contributed by atoms with Gasteiger partial charge in [0, 0.05) is 4.47 Å². The van der Waals surface area contributed by atoms with Gasteiger partial charge in [-0.2, -0.15) is 8.42 Å². The van der Waals surface area contributed by atoms with Gasteiger partial charge in [0.25, 0.3) is 0 Å². The lowest BCUT2D eigenvalue weighted by molar-refractivity contribution is 0.0733. The maximum atomic E-state index is 13.0. The van der Waals surface area contributed by atoms with Crippen LogP contribution in [0.1, 0.15) is 21.5 Å². The van der Waals surface area contributed by atoms with Crippen LogP contribution in [0.2, 0.25) is 0 Å². The molecule has 0 aliphatic rings. The van der Waals surface area contributed by atoms with Gasteiger partial charge >= 0.3 is 16.1 Å². The summed E-state index contributed by atoms with van der Waals surface area (Å²) in [6, 6.07) is 22.3. The lowest BCUT2D eigenvalue weighted by Crippen LogP contribution is -2.16. The topological polar surface area (TPSA) is 69.7 Å². The predicted octanol–water partition coefficient (Wildman–Crippen LogP) is 6.21. The van der Waals surface area contributed by atoms with E-state index in [2.05, 4.69) is 15.9 Å². The first-order chi connectivity index (χ1) is 15.2. The first kappa shape index (κ1) is 22.0. The molecule has 4 aromatic carbocycles. The Kier molecular flexibility index (Phi) is 6.04. The maximum absolute atomic E-state index is 13.0. The molecule has 4 rings (SSSR count). The van der Waals surface area contributed by atoms with Crippen molar-refractivity contribution in [3.8, 4) is 11.5 Å². The standard InChI is InChI=1S/C25H19BrO5S/c1-16-14-24(17(2)13-22(16)26)32(28,29)31-23-10-6-5-9-21(23)25(27)30-20-12-11-18-7-3-4-8-19(18)15-20/h3-15H,1-2H3. The summed E-state index contributed by atoms with van der Waals surface area (Å²) < 4.78 is 37.6. The molecule has 0 fully saturated rings. The van der Waals surface area contributed by atoms with Gasteiger partial charge < -0.3 is 8.92 Å². The minimum Gasteiger partial charge on any atom is -0.423 e. The van der Waals surface area contributed by atoms with Crippen LogP contribution in [0.15, 0.2) is 88.2 Å². The van der Waals surface area contributed by atoms with E-state index >= 15 is 0 Å². The smallest absolute Gasteiger partial charge is 0.347 e. The van der Waals surface area contributed by atoms with E-state index in [1.807, 2.05) is 30.3 Å². The third-order valence-corrected chi connectivity index (χ3v) is 7.20. The average molecular weight is 511 g/mol. The van der Waals surface area contributed by atoms with Gasteiger partial charge in [0.05, 0.1) is 0 Å². The largest absolute Gasteiger partial charge is 0.423 e. The molecule has 5 nitrogen and oxygen atoms in total. The number of ether oxygens (including phenoxy) is 1. The summed E-state index contributed by atoms with van der Waals surface area (Å²) in [5.41, 5.74) is 1.29. The van der Waals surface area contributed by atoms with E-state index in [1.165, 1.54) is 18.2 Å². The second-order valence-corrected chi connectivity index (χ2v) is 9.67. The zero-order chi connectivity index (χ0) is 22.9. The van der Waals surface area contributed by atoms with Crippen molar-refractivity contribution in [2.45, 2.75) is 18.7 Å². The Morgan fingerprint density at radius 2 is 1.50 bits per heavy atom. The van der Waals surface area contributed by atoms with Gasteiger partial charge in [0.2, 0.25) is 0 Å². The van der Waals surface area contributed by atoms with Crippen molar-refractivity contribution in [2.24, 2.45) is 0 Å². The van der Waals surface area contributed by atoms with Crippen molar-refractivity contribution >= 4 is 42.8 Å². The maximum Gasteiger partial charge on any atom is 0.347 e. The van der Waals surface area contributed by atoms with Crippen LogP contribution < -0.4 is 8.92 Å². The second kappa shape index (κ2) is 8.76. The van der Waals surface area contributed by atoms with E-state index in [9.17, 15) is 13.2 Å². The van der Waals surface area contributed by atoms with Gasteiger partial charge in [-0.15, -0.1) is 0 Å². The first-order valence-electron chi connectivity index (χ1n) is 9.76. The fourth-order valence-electron chi connectivity index (χ4n) is 3.29. The summed E-state index contributed by atoms with van der Waals surface area (Å²) in [5, 5.41) is 1.94. The number of carbonyl (C=O) groups excluding carboxylic acids is 1. The van der Waals surface area contributed by atoms with Gasteiger partial charge in [-0.25, -0.2) is 4.79 Å². The van der Waals surface area contributed by atoms with Crippen LogP contribution in [0.5, 0.6) is 11.5 Å². The van der Waals surface area contributed by atoms with Crippen molar-refractivity contribution in [1.82, 2.24) is 0 Å².